The number of rotatable bonds is 8. The van der Waals surface area contributed by atoms with Gasteiger partial charge in [-0.3, -0.25) is 0 Å². The summed E-state index contributed by atoms with van der Waals surface area (Å²) in [6, 6.07) is 0. The van der Waals surface area contributed by atoms with Crippen LogP contribution >= 0.6 is 23.1 Å². The minimum Gasteiger partial charge on any atom is -0.316 e. The third-order valence-electron chi connectivity index (χ3n) is 2.28. The van der Waals surface area contributed by atoms with E-state index in [1.54, 1.807) is 11.3 Å². The lowest BCUT2D eigenvalue weighted by Crippen LogP contribution is -2.21. The minimum absolute atomic E-state index is 0.547. The fourth-order valence-corrected chi connectivity index (χ4v) is 2.57. The van der Waals surface area contributed by atoms with Crippen LogP contribution in [0.5, 0.6) is 0 Å². The van der Waals surface area contributed by atoms with Crippen molar-refractivity contribution >= 4 is 23.1 Å². The van der Waals surface area contributed by atoms with Gasteiger partial charge in [-0.15, -0.1) is 11.3 Å². The van der Waals surface area contributed by atoms with Crippen LogP contribution in [0.4, 0.5) is 0 Å². The first-order chi connectivity index (χ1) is 7.34. The molecule has 0 fully saturated rings. The summed E-state index contributed by atoms with van der Waals surface area (Å²) in [5.41, 5.74) is 0. The van der Waals surface area contributed by atoms with Gasteiger partial charge in [0.15, 0.2) is 0 Å². The molecule has 1 unspecified atom stereocenters. The number of hydrogen-bond donors (Lipinski definition) is 1. The molecule has 1 aromatic heterocycles. The van der Waals surface area contributed by atoms with E-state index in [1.807, 2.05) is 23.3 Å². The van der Waals surface area contributed by atoms with Crippen LogP contribution in [0.15, 0.2) is 11.6 Å². The Kier molecular flexibility index (Phi) is 7.05. The predicted molar refractivity (Wildman–Crippen MR) is 71.0 cm³/mol. The fourth-order valence-electron chi connectivity index (χ4n) is 1.38. The van der Waals surface area contributed by atoms with Gasteiger partial charge in [0.1, 0.15) is 0 Å². The van der Waals surface area contributed by atoms with Crippen LogP contribution in [0.25, 0.3) is 0 Å². The summed E-state index contributed by atoms with van der Waals surface area (Å²) in [5.74, 6) is 1.83. The maximum Gasteiger partial charge on any atom is 0.0965 e. The highest BCUT2D eigenvalue weighted by atomic mass is 32.2. The zero-order valence-electron chi connectivity index (χ0n) is 9.53. The van der Waals surface area contributed by atoms with Gasteiger partial charge in [0.05, 0.1) is 5.01 Å². The highest BCUT2D eigenvalue weighted by molar-refractivity contribution is 7.98. The lowest BCUT2D eigenvalue weighted by molar-refractivity contribution is 0.591. The molecule has 0 radical (unpaired) electrons. The molecule has 1 rings (SSSR count). The van der Waals surface area contributed by atoms with Gasteiger partial charge in [-0.2, -0.15) is 11.8 Å². The smallest absolute Gasteiger partial charge is 0.0965 e. The molecule has 86 valence electrons. The molecule has 4 heteroatoms. The van der Waals surface area contributed by atoms with Crippen molar-refractivity contribution in [3.05, 3.63) is 16.6 Å². The standard InChI is InChI=1S/C11H20N2S2/c1-10(11-13-6-8-15-11)9-12-5-3-4-7-14-2/h6,8,10,12H,3-5,7,9H2,1-2H3. The van der Waals surface area contributed by atoms with Crippen molar-refractivity contribution in [1.29, 1.82) is 0 Å². The van der Waals surface area contributed by atoms with Crippen molar-refractivity contribution in [3.8, 4) is 0 Å². The Bertz CT molecular complexity index is 237. The van der Waals surface area contributed by atoms with E-state index in [-0.39, 0.29) is 0 Å². The molecule has 1 atom stereocenters. The van der Waals surface area contributed by atoms with Gasteiger partial charge >= 0.3 is 0 Å². The second-order valence-corrected chi connectivity index (χ2v) is 5.59. The molecule has 1 heterocycles. The van der Waals surface area contributed by atoms with E-state index in [0.717, 1.165) is 13.1 Å². The number of thioether (sulfide) groups is 1. The van der Waals surface area contributed by atoms with E-state index in [1.165, 1.54) is 23.6 Å². The molecular formula is C11H20N2S2. The highest BCUT2D eigenvalue weighted by Gasteiger charge is 2.06. The first-order valence-corrected chi connectivity index (χ1v) is 7.71. The molecule has 1 N–H and O–H groups in total. The normalized spacial score (nSPS) is 12.9. The van der Waals surface area contributed by atoms with Gasteiger partial charge < -0.3 is 5.32 Å². The monoisotopic (exact) mass is 244 g/mol. The number of nitrogens with one attached hydrogen (secondary N) is 1. The molecule has 0 aliphatic heterocycles. The lowest BCUT2D eigenvalue weighted by Gasteiger charge is -2.09. The Hall–Kier alpha value is -0.0600. The van der Waals surface area contributed by atoms with Crippen LogP contribution in [0.2, 0.25) is 0 Å². The lowest BCUT2D eigenvalue weighted by atomic mass is 10.2. The second kappa shape index (κ2) is 8.13. The first kappa shape index (κ1) is 13.0. The molecule has 0 aliphatic rings. The van der Waals surface area contributed by atoms with E-state index in [9.17, 15) is 0 Å². The van der Waals surface area contributed by atoms with Crippen molar-refractivity contribution in [2.45, 2.75) is 25.7 Å². The van der Waals surface area contributed by atoms with Crippen molar-refractivity contribution < 1.29 is 0 Å². The zero-order valence-corrected chi connectivity index (χ0v) is 11.2. The third kappa shape index (κ3) is 5.54. The topological polar surface area (TPSA) is 24.9 Å². The summed E-state index contributed by atoms with van der Waals surface area (Å²) < 4.78 is 0. The molecule has 0 amide bonds. The highest BCUT2D eigenvalue weighted by Crippen LogP contribution is 2.16. The predicted octanol–water partition coefficient (Wildman–Crippen LogP) is 2.98. The second-order valence-electron chi connectivity index (χ2n) is 3.68. The fraction of sp³-hybridized carbons (Fsp3) is 0.727. The van der Waals surface area contributed by atoms with Gasteiger partial charge in [0, 0.05) is 24.0 Å². The average Bonchev–Trinajstić information content (AvgIpc) is 2.76. The Morgan fingerprint density at radius 1 is 1.53 bits per heavy atom. The van der Waals surface area contributed by atoms with Gasteiger partial charge in [0.2, 0.25) is 0 Å². The third-order valence-corrected chi connectivity index (χ3v) is 3.98. The Labute approximate surface area is 101 Å². The quantitative estimate of drug-likeness (QED) is 0.712. The molecule has 0 aliphatic carbocycles. The molecule has 0 bridgehead atoms. The molecule has 1 aromatic rings. The number of nitrogens with zero attached hydrogens (tertiary/aromatic N) is 1. The largest absolute Gasteiger partial charge is 0.316 e. The van der Waals surface area contributed by atoms with Crippen LogP contribution in [0, 0.1) is 0 Å². The van der Waals surface area contributed by atoms with Gasteiger partial charge in [0.25, 0.3) is 0 Å². The van der Waals surface area contributed by atoms with Crippen LogP contribution in [-0.4, -0.2) is 30.1 Å². The SMILES string of the molecule is CSCCCCNCC(C)c1nccs1. The zero-order chi connectivity index (χ0) is 10.9. The average molecular weight is 244 g/mol. The van der Waals surface area contributed by atoms with Crippen molar-refractivity contribution in [3.63, 3.8) is 0 Å². The van der Waals surface area contributed by atoms with E-state index >= 15 is 0 Å². The maximum absolute atomic E-state index is 4.32. The van der Waals surface area contributed by atoms with Crippen LogP contribution in [0.3, 0.4) is 0 Å². The van der Waals surface area contributed by atoms with Gasteiger partial charge in [-0.25, -0.2) is 4.98 Å². The van der Waals surface area contributed by atoms with Crippen LogP contribution < -0.4 is 5.32 Å². The van der Waals surface area contributed by atoms with E-state index in [4.69, 9.17) is 0 Å². The molecule has 0 saturated heterocycles. The Morgan fingerprint density at radius 2 is 2.40 bits per heavy atom. The van der Waals surface area contributed by atoms with E-state index in [2.05, 4.69) is 23.5 Å². The summed E-state index contributed by atoms with van der Waals surface area (Å²) in [4.78, 5) is 4.32. The number of thiazole rings is 1. The number of hydrogen-bond acceptors (Lipinski definition) is 4. The minimum atomic E-state index is 0.547. The summed E-state index contributed by atoms with van der Waals surface area (Å²) >= 11 is 3.68. The van der Waals surface area contributed by atoms with Crippen LogP contribution in [0.1, 0.15) is 30.7 Å². The summed E-state index contributed by atoms with van der Waals surface area (Å²) in [6.07, 6.45) is 6.65. The van der Waals surface area contributed by atoms with E-state index in [0.29, 0.717) is 5.92 Å². The van der Waals surface area contributed by atoms with Crippen molar-refractivity contribution in [2.24, 2.45) is 0 Å². The number of unbranched alkanes of at least 4 members (excludes halogenated alkanes) is 1. The molecule has 0 saturated carbocycles. The summed E-state index contributed by atoms with van der Waals surface area (Å²) in [6.45, 7) is 4.41. The Balaban J connectivity index is 2.00. The molecule has 2 nitrogen and oxygen atoms in total. The molecule has 0 aromatic carbocycles. The summed E-state index contributed by atoms with van der Waals surface area (Å²) in [7, 11) is 0. The molecular weight excluding hydrogens is 224 g/mol. The molecule has 15 heavy (non-hydrogen) atoms. The van der Waals surface area contributed by atoms with Crippen molar-refractivity contribution in [1.82, 2.24) is 10.3 Å². The Morgan fingerprint density at radius 3 is 3.07 bits per heavy atom. The van der Waals surface area contributed by atoms with Crippen molar-refractivity contribution in [2.75, 3.05) is 25.1 Å². The molecule has 0 spiro atoms. The summed E-state index contributed by atoms with van der Waals surface area (Å²) in [5, 5.41) is 6.78. The number of aromatic nitrogens is 1. The van der Waals surface area contributed by atoms with Gasteiger partial charge in [-0.1, -0.05) is 6.92 Å². The van der Waals surface area contributed by atoms with E-state index < -0.39 is 0 Å². The maximum atomic E-state index is 4.32. The first-order valence-electron chi connectivity index (χ1n) is 5.43. The van der Waals surface area contributed by atoms with Gasteiger partial charge in [-0.05, 0) is 31.4 Å². The van der Waals surface area contributed by atoms with Crippen LogP contribution in [-0.2, 0) is 0 Å².